The first-order chi connectivity index (χ1) is 10.1. The van der Waals surface area contributed by atoms with Crippen molar-refractivity contribution in [2.75, 3.05) is 19.7 Å². The lowest BCUT2D eigenvalue weighted by Crippen LogP contribution is -2.42. The van der Waals surface area contributed by atoms with Crippen LogP contribution in [0.15, 0.2) is 4.52 Å². The largest absolute Gasteiger partial charge is 0.481 e. The van der Waals surface area contributed by atoms with Crippen molar-refractivity contribution in [1.29, 1.82) is 0 Å². The van der Waals surface area contributed by atoms with Crippen molar-refractivity contribution in [2.45, 2.75) is 44.8 Å². The molecule has 0 aromatic carbocycles. The number of rotatable bonds is 4. The van der Waals surface area contributed by atoms with Crippen LogP contribution in [0.4, 0.5) is 0 Å². The zero-order valence-electron chi connectivity index (χ0n) is 12.4. The van der Waals surface area contributed by atoms with Gasteiger partial charge in [-0.05, 0) is 19.4 Å². The van der Waals surface area contributed by atoms with Gasteiger partial charge < -0.3 is 14.4 Å². The molecule has 0 radical (unpaired) electrons. The van der Waals surface area contributed by atoms with Crippen LogP contribution >= 0.6 is 0 Å². The number of aliphatic carboxylic acids is 1. The molecule has 3 heterocycles. The van der Waals surface area contributed by atoms with Crippen molar-refractivity contribution < 1.29 is 19.2 Å². The van der Waals surface area contributed by atoms with Crippen LogP contribution in [0.25, 0.3) is 0 Å². The van der Waals surface area contributed by atoms with Crippen molar-refractivity contribution in [3.05, 3.63) is 11.7 Å². The third-order valence-corrected chi connectivity index (χ3v) is 4.66. The number of nitrogens with zero attached hydrogens (tertiary/aromatic N) is 3. The van der Waals surface area contributed by atoms with Gasteiger partial charge in [-0.1, -0.05) is 19.0 Å². The average molecular weight is 295 g/mol. The molecule has 0 bridgehead atoms. The summed E-state index contributed by atoms with van der Waals surface area (Å²) in [5.74, 6) is -0.844. The second-order valence-electron chi connectivity index (χ2n) is 6.02. The van der Waals surface area contributed by atoms with Gasteiger partial charge in [-0.15, -0.1) is 0 Å². The fourth-order valence-electron chi connectivity index (χ4n) is 2.96. The van der Waals surface area contributed by atoms with Crippen molar-refractivity contribution in [1.82, 2.24) is 15.0 Å². The van der Waals surface area contributed by atoms with Gasteiger partial charge in [0.15, 0.2) is 0 Å². The second kappa shape index (κ2) is 5.73. The number of fused-ring (bicyclic) bond motifs is 1. The molecule has 1 aromatic rings. The molecule has 1 N–H and O–H groups in total. The molecule has 2 aliphatic rings. The highest BCUT2D eigenvalue weighted by atomic mass is 16.5. The summed E-state index contributed by atoms with van der Waals surface area (Å²) in [4.78, 5) is 17.8. The molecule has 3 rings (SSSR count). The number of morpholine rings is 1. The molecular weight excluding hydrogens is 274 g/mol. The van der Waals surface area contributed by atoms with Crippen LogP contribution in [-0.4, -0.2) is 51.9 Å². The summed E-state index contributed by atoms with van der Waals surface area (Å²) in [6.45, 7) is 6.01. The summed E-state index contributed by atoms with van der Waals surface area (Å²) >= 11 is 0. The molecule has 1 aromatic heterocycles. The van der Waals surface area contributed by atoms with Gasteiger partial charge in [-0.3, -0.25) is 9.69 Å². The highest BCUT2D eigenvalue weighted by Crippen LogP contribution is 2.30. The summed E-state index contributed by atoms with van der Waals surface area (Å²) in [5.41, 5.74) is 0. The molecule has 2 saturated heterocycles. The Bertz CT molecular complexity index is 518. The zero-order valence-corrected chi connectivity index (χ0v) is 12.4. The quantitative estimate of drug-likeness (QED) is 0.898. The fourth-order valence-corrected chi connectivity index (χ4v) is 2.96. The lowest BCUT2D eigenvalue weighted by atomic mass is 9.96. The van der Waals surface area contributed by atoms with E-state index in [1.807, 2.05) is 0 Å². The van der Waals surface area contributed by atoms with Gasteiger partial charge in [-0.2, -0.15) is 4.98 Å². The van der Waals surface area contributed by atoms with E-state index in [1.165, 1.54) is 12.8 Å². The minimum absolute atomic E-state index is 0.177. The predicted molar refractivity (Wildman–Crippen MR) is 72.8 cm³/mol. The van der Waals surface area contributed by atoms with Gasteiger partial charge in [0, 0.05) is 18.5 Å². The smallest absolute Gasteiger partial charge is 0.307 e. The van der Waals surface area contributed by atoms with E-state index in [1.54, 1.807) is 13.8 Å². The minimum atomic E-state index is -0.865. The van der Waals surface area contributed by atoms with Gasteiger partial charge in [0.1, 0.15) is 6.10 Å². The molecule has 7 heteroatoms. The van der Waals surface area contributed by atoms with Crippen molar-refractivity contribution in [2.24, 2.45) is 5.92 Å². The van der Waals surface area contributed by atoms with Crippen LogP contribution in [-0.2, 0) is 9.53 Å². The number of carbonyl (C=O) groups is 1. The Morgan fingerprint density at radius 1 is 1.48 bits per heavy atom. The highest BCUT2D eigenvalue weighted by Gasteiger charge is 2.35. The Hall–Kier alpha value is -1.47. The summed E-state index contributed by atoms with van der Waals surface area (Å²) in [6.07, 6.45) is 2.23. The number of aromatic nitrogens is 2. The molecule has 0 saturated carbocycles. The number of hydrogen-bond acceptors (Lipinski definition) is 6. The minimum Gasteiger partial charge on any atom is -0.481 e. The highest BCUT2D eigenvalue weighted by molar-refractivity contribution is 5.70. The summed E-state index contributed by atoms with van der Waals surface area (Å²) in [6, 6.07) is 0.526. The Morgan fingerprint density at radius 2 is 2.29 bits per heavy atom. The Morgan fingerprint density at radius 3 is 3.05 bits per heavy atom. The topological polar surface area (TPSA) is 88.7 Å². The molecule has 4 unspecified atom stereocenters. The van der Waals surface area contributed by atoms with E-state index in [-0.39, 0.29) is 12.0 Å². The first kappa shape index (κ1) is 14.5. The lowest BCUT2D eigenvalue weighted by molar-refractivity contribution is -0.141. The first-order valence-corrected chi connectivity index (χ1v) is 7.48. The van der Waals surface area contributed by atoms with E-state index >= 15 is 0 Å². The monoisotopic (exact) mass is 295 g/mol. The van der Waals surface area contributed by atoms with Crippen LogP contribution in [0.1, 0.15) is 50.4 Å². The molecule has 21 heavy (non-hydrogen) atoms. The third kappa shape index (κ3) is 2.80. The summed E-state index contributed by atoms with van der Waals surface area (Å²) in [7, 11) is 0. The average Bonchev–Trinajstić information content (AvgIpc) is 3.13. The molecule has 0 amide bonds. The number of carboxylic acids is 1. The maximum Gasteiger partial charge on any atom is 0.307 e. The van der Waals surface area contributed by atoms with Gasteiger partial charge in [0.2, 0.25) is 11.7 Å². The normalized spacial score (nSPS) is 29.0. The van der Waals surface area contributed by atoms with E-state index in [0.29, 0.717) is 24.4 Å². The van der Waals surface area contributed by atoms with Crippen LogP contribution in [0.3, 0.4) is 0 Å². The van der Waals surface area contributed by atoms with Gasteiger partial charge in [0.25, 0.3) is 0 Å². The maximum absolute atomic E-state index is 11.0. The predicted octanol–water partition coefficient (Wildman–Crippen LogP) is 1.43. The van der Waals surface area contributed by atoms with Gasteiger partial charge in [-0.25, -0.2) is 0 Å². The Kier molecular flexibility index (Phi) is 3.95. The molecule has 7 nitrogen and oxygen atoms in total. The standard InChI is InChI=1S/C14H21N3O4/c1-8(9(2)14(18)19)13-15-12(16-21-13)11-6-17-5-3-4-10(17)7-20-11/h8-11H,3-7H2,1-2H3,(H,18,19). The molecule has 116 valence electrons. The SMILES string of the molecule is CC(C(=O)O)C(C)c1nc(C2CN3CCCC3CO2)no1. The number of carboxylic acid groups (broad SMARTS) is 1. The van der Waals surface area contributed by atoms with Crippen LogP contribution in [0.5, 0.6) is 0 Å². The molecule has 2 aliphatic heterocycles. The molecule has 0 aliphatic carbocycles. The molecule has 4 atom stereocenters. The molecular formula is C14H21N3O4. The van der Waals surface area contributed by atoms with E-state index in [4.69, 9.17) is 14.4 Å². The van der Waals surface area contributed by atoms with Crippen LogP contribution in [0, 0.1) is 5.92 Å². The van der Waals surface area contributed by atoms with Crippen LogP contribution < -0.4 is 0 Å². The van der Waals surface area contributed by atoms with E-state index in [2.05, 4.69) is 15.0 Å². The summed E-state index contributed by atoms with van der Waals surface area (Å²) < 4.78 is 11.1. The number of hydrogen-bond donors (Lipinski definition) is 1. The molecule has 2 fully saturated rings. The maximum atomic E-state index is 11.0. The lowest BCUT2D eigenvalue weighted by Gasteiger charge is -2.33. The summed E-state index contributed by atoms with van der Waals surface area (Å²) in [5, 5.41) is 13.0. The Labute approximate surface area is 123 Å². The van der Waals surface area contributed by atoms with E-state index < -0.39 is 11.9 Å². The van der Waals surface area contributed by atoms with Gasteiger partial charge >= 0.3 is 5.97 Å². The first-order valence-electron chi connectivity index (χ1n) is 7.48. The zero-order chi connectivity index (χ0) is 15.0. The van der Waals surface area contributed by atoms with Crippen molar-refractivity contribution in [3.63, 3.8) is 0 Å². The van der Waals surface area contributed by atoms with Gasteiger partial charge in [0.05, 0.1) is 12.5 Å². The second-order valence-corrected chi connectivity index (χ2v) is 6.02. The van der Waals surface area contributed by atoms with Crippen molar-refractivity contribution >= 4 is 5.97 Å². The van der Waals surface area contributed by atoms with E-state index in [9.17, 15) is 4.79 Å². The molecule has 0 spiro atoms. The van der Waals surface area contributed by atoms with Crippen molar-refractivity contribution in [3.8, 4) is 0 Å². The Balaban J connectivity index is 1.68. The fraction of sp³-hybridized carbons (Fsp3) is 0.786. The third-order valence-electron chi connectivity index (χ3n) is 4.66. The number of ether oxygens (including phenoxy) is 1. The van der Waals surface area contributed by atoms with Crippen LogP contribution in [0.2, 0.25) is 0 Å². The van der Waals surface area contributed by atoms with E-state index in [0.717, 1.165) is 13.1 Å².